The quantitative estimate of drug-likeness (QED) is 0.850. The molecule has 1 amide bonds. The van der Waals surface area contributed by atoms with E-state index in [4.69, 9.17) is 10.5 Å². The monoisotopic (exact) mass is 395 g/mol. The number of carbonyl (C=O) groups is 1. The van der Waals surface area contributed by atoms with Gasteiger partial charge in [0.2, 0.25) is 5.95 Å². The maximum atomic E-state index is 12.8. The zero-order valence-corrected chi connectivity index (χ0v) is 16.0. The average molecular weight is 395 g/mol. The second kappa shape index (κ2) is 7.56. The summed E-state index contributed by atoms with van der Waals surface area (Å²) in [4.78, 5) is 24.3. The molecule has 1 saturated heterocycles. The van der Waals surface area contributed by atoms with Gasteiger partial charge in [-0.2, -0.15) is 5.10 Å². The minimum atomic E-state index is -2.75. The van der Waals surface area contributed by atoms with Crippen molar-refractivity contribution in [3.05, 3.63) is 24.3 Å². The van der Waals surface area contributed by atoms with E-state index in [0.717, 1.165) is 0 Å². The summed E-state index contributed by atoms with van der Waals surface area (Å²) in [6.45, 7) is 7.59. The topological polar surface area (TPSA) is 102 Å². The third-order valence-corrected chi connectivity index (χ3v) is 4.08. The lowest BCUT2D eigenvalue weighted by atomic mass is 10.2. The molecule has 2 aromatic rings. The minimum absolute atomic E-state index is 0.0858. The molecular formula is C17H23F2N7O2. The number of hydrogen-bond donors (Lipinski definition) is 1. The van der Waals surface area contributed by atoms with Gasteiger partial charge in [0.1, 0.15) is 11.3 Å². The standard InChI is InChI=1S/C17H23F2N7O2/c1-17(2,3)28-16(27)25-6-4-24(5-7-25)15-21-8-11(9-22-15)26-10-12(20)13(23-26)14(18)19/h8-10,14H,4-7,20H2,1-3H3. The van der Waals surface area contributed by atoms with Gasteiger partial charge < -0.3 is 20.3 Å². The molecule has 11 heteroatoms. The third-order valence-electron chi connectivity index (χ3n) is 4.08. The van der Waals surface area contributed by atoms with Crippen LogP contribution >= 0.6 is 0 Å². The Labute approximate surface area is 161 Å². The molecule has 152 valence electrons. The number of ether oxygens (including phenoxy) is 1. The molecule has 3 heterocycles. The van der Waals surface area contributed by atoms with Crippen LogP contribution < -0.4 is 10.6 Å². The number of carbonyl (C=O) groups excluding carboxylic acids is 1. The van der Waals surface area contributed by atoms with Crippen LogP contribution in [0.15, 0.2) is 18.6 Å². The second-order valence-electron chi connectivity index (χ2n) is 7.41. The van der Waals surface area contributed by atoms with Crippen molar-refractivity contribution in [2.45, 2.75) is 32.8 Å². The number of nitrogen functional groups attached to an aromatic ring is 1. The Hall–Kier alpha value is -2.98. The van der Waals surface area contributed by atoms with Crippen LogP contribution in [0.25, 0.3) is 5.69 Å². The molecule has 0 atom stereocenters. The summed E-state index contributed by atoms with van der Waals surface area (Å²) in [5, 5.41) is 3.77. The average Bonchev–Trinajstić information content (AvgIpc) is 3.03. The van der Waals surface area contributed by atoms with Gasteiger partial charge in [-0.15, -0.1) is 0 Å². The van der Waals surface area contributed by atoms with Gasteiger partial charge in [0.05, 0.1) is 24.3 Å². The Kier molecular flexibility index (Phi) is 5.34. The molecule has 0 bridgehead atoms. The number of piperazine rings is 1. The summed E-state index contributed by atoms with van der Waals surface area (Å²) in [7, 11) is 0. The lowest BCUT2D eigenvalue weighted by Crippen LogP contribution is -2.50. The van der Waals surface area contributed by atoms with E-state index >= 15 is 0 Å². The maximum Gasteiger partial charge on any atom is 0.410 e. The summed E-state index contributed by atoms with van der Waals surface area (Å²) in [6.07, 6.45) is 1.20. The van der Waals surface area contributed by atoms with E-state index in [-0.39, 0.29) is 11.8 Å². The number of nitrogens with two attached hydrogens (primary N) is 1. The highest BCUT2D eigenvalue weighted by atomic mass is 19.3. The summed E-state index contributed by atoms with van der Waals surface area (Å²) in [5.74, 6) is 0.488. The third kappa shape index (κ3) is 4.46. The Morgan fingerprint density at radius 1 is 1.18 bits per heavy atom. The highest BCUT2D eigenvalue weighted by Gasteiger charge is 2.26. The van der Waals surface area contributed by atoms with Crippen molar-refractivity contribution in [3.63, 3.8) is 0 Å². The normalized spacial score (nSPS) is 15.2. The van der Waals surface area contributed by atoms with Gasteiger partial charge in [-0.25, -0.2) is 28.2 Å². The highest BCUT2D eigenvalue weighted by molar-refractivity contribution is 5.68. The number of anilines is 2. The Morgan fingerprint density at radius 2 is 1.79 bits per heavy atom. The van der Waals surface area contributed by atoms with Crippen molar-refractivity contribution in [2.24, 2.45) is 0 Å². The number of hydrogen-bond acceptors (Lipinski definition) is 7. The summed E-state index contributed by atoms with van der Waals surface area (Å²) in [5.41, 5.74) is 4.88. The molecular weight excluding hydrogens is 372 g/mol. The Bertz CT molecular complexity index is 825. The molecule has 3 rings (SSSR count). The lowest BCUT2D eigenvalue weighted by molar-refractivity contribution is 0.0240. The maximum absolute atomic E-state index is 12.8. The lowest BCUT2D eigenvalue weighted by Gasteiger charge is -2.35. The van der Waals surface area contributed by atoms with E-state index < -0.39 is 17.7 Å². The number of rotatable bonds is 3. The largest absolute Gasteiger partial charge is 0.444 e. The molecule has 0 unspecified atom stereocenters. The fourth-order valence-corrected chi connectivity index (χ4v) is 2.71. The molecule has 0 aliphatic carbocycles. The molecule has 1 aliphatic heterocycles. The first-order chi connectivity index (χ1) is 13.1. The molecule has 0 saturated carbocycles. The highest BCUT2D eigenvalue weighted by Crippen LogP contribution is 2.24. The molecule has 1 aliphatic rings. The van der Waals surface area contributed by atoms with Crippen LogP contribution in [0.4, 0.5) is 25.2 Å². The first-order valence-corrected chi connectivity index (χ1v) is 8.82. The fourth-order valence-electron chi connectivity index (χ4n) is 2.71. The summed E-state index contributed by atoms with van der Waals surface area (Å²) >= 11 is 0. The predicted octanol–water partition coefficient (Wildman–Crippen LogP) is 2.24. The van der Waals surface area contributed by atoms with Crippen molar-refractivity contribution < 1.29 is 18.3 Å². The van der Waals surface area contributed by atoms with E-state index in [2.05, 4.69) is 15.1 Å². The number of nitrogens with zero attached hydrogens (tertiary/aromatic N) is 6. The Morgan fingerprint density at radius 3 is 2.29 bits per heavy atom. The van der Waals surface area contributed by atoms with Crippen molar-refractivity contribution in [3.8, 4) is 5.69 Å². The molecule has 0 spiro atoms. The molecule has 0 radical (unpaired) electrons. The second-order valence-corrected chi connectivity index (χ2v) is 7.41. The van der Waals surface area contributed by atoms with Crippen LogP contribution in [0.5, 0.6) is 0 Å². The fraction of sp³-hybridized carbons (Fsp3) is 0.529. The molecule has 2 N–H and O–H groups in total. The van der Waals surface area contributed by atoms with Crippen LogP contribution in [-0.4, -0.2) is 62.5 Å². The van der Waals surface area contributed by atoms with Gasteiger partial charge in [-0.1, -0.05) is 0 Å². The number of halogens is 2. The zero-order valence-electron chi connectivity index (χ0n) is 16.0. The number of alkyl halides is 2. The van der Waals surface area contributed by atoms with Gasteiger partial charge in [-0.05, 0) is 20.8 Å². The first kappa shape index (κ1) is 19.8. The minimum Gasteiger partial charge on any atom is -0.444 e. The van der Waals surface area contributed by atoms with E-state index in [0.29, 0.717) is 37.8 Å². The van der Waals surface area contributed by atoms with Crippen LogP contribution in [0.1, 0.15) is 32.9 Å². The van der Waals surface area contributed by atoms with Crippen molar-refractivity contribution >= 4 is 17.7 Å². The van der Waals surface area contributed by atoms with E-state index in [9.17, 15) is 13.6 Å². The van der Waals surface area contributed by atoms with Crippen molar-refractivity contribution in [2.75, 3.05) is 36.8 Å². The van der Waals surface area contributed by atoms with Gasteiger partial charge in [-0.3, -0.25) is 0 Å². The van der Waals surface area contributed by atoms with Crippen LogP contribution in [0.3, 0.4) is 0 Å². The number of amides is 1. The van der Waals surface area contributed by atoms with Crippen LogP contribution in [0.2, 0.25) is 0 Å². The molecule has 9 nitrogen and oxygen atoms in total. The molecule has 28 heavy (non-hydrogen) atoms. The first-order valence-electron chi connectivity index (χ1n) is 8.82. The molecule has 1 fully saturated rings. The van der Waals surface area contributed by atoms with Crippen LogP contribution in [0, 0.1) is 0 Å². The van der Waals surface area contributed by atoms with E-state index in [1.54, 1.807) is 4.90 Å². The smallest absolute Gasteiger partial charge is 0.410 e. The SMILES string of the molecule is CC(C)(C)OC(=O)N1CCN(c2ncc(-n3cc(N)c(C(F)F)n3)cn2)CC1. The molecule has 0 aromatic carbocycles. The van der Waals surface area contributed by atoms with E-state index in [1.807, 2.05) is 25.7 Å². The molecule has 2 aromatic heterocycles. The van der Waals surface area contributed by atoms with Crippen molar-refractivity contribution in [1.82, 2.24) is 24.6 Å². The van der Waals surface area contributed by atoms with Crippen LogP contribution in [-0.2, 0) is 4.74 Å². The van der Waals surface area contributed by atoms with Crippen molar-refractivity contribution in [1.29, 1.82) is 0 Å². The predicted molar refractivity (Wildman–Crippen MR) is 98.5 cm³/mol. The summed E-state index contributed by atoms with van der Waals surface area (Å²) < 4.78 is 32.2. The zero-order chi connectivity index (χ0) is 20.5. The number of aromatic nitrogens is 4. The van der Waals surface area contributed by atoms with Gasteiger partial charge >= 0.3 is 6.09 Å². The summed E-state index contributed by atoms with van der Waals surface area (Å²) in [6, 6.07) is 0. The van der Waals surface area contributed by atoms with Gasteiger partial charge in [0.15, 0.2) is 5.69 Å². The van der Waals surface area contributed by atoms with E-state index in [1.165, 1.54) is 23.3 Å². The van der Waals surface area contributed by atoms with Gasteiger partial charge in [0, 0.05) is 26.2 Å². The Balaban J connectivity index is 1.62. The van der Waals surface area contributed by atoms with Gasteiger partial charge in [0.25, 0.3) is 6.43 Å².